The van der Waals surface area contributed by atoms with E-state index in [4.69, 9.17) is 4.42 Å². The van der Waals surface area contributed by atoms with Crippen LogP contribution < -0.4 is 10.2 Å². The molecule has 0 bridgehead atoms. The maximum Gasteiger partial charge on any atom is 0.297 e. The Morgan fingerprint density at radius 1 is 1.42 bits per heavy atom. The Bertz CT molecular complexity index is 369. The number of anilines is 1. The van der Waals surface area contributed by atoms with Crippen molar-refractivity contribution in [1.29, 1.82) is 0 Å². The van der Waals surface area contributed by atoms with E-state index in [1.807, 2.05) is 0 Å². The van der Waals surface area contributed by atoms with Crippen LogP contribution in [0, 0.1) is 11.8 Å². The van der Waals surface area contributed by atoms with Crippen LogP contribution in [0.2, 0.25) is 0 Å². The fraction of sp³-hybridized carbons (Fsp3) is 0.800. The molecule has 1 aliphatic carbocycles. The van der Waals surface area contributed by atoms with Crippen molar-refractivity contribution < 1.29 is 4.42 Å². The van der Waals surface area contributed by atoms with E-state index in [9.17, 15) is 0 Å². The number of aromatic nitrogens is 1. The summed E-state index contributed by atoms with van der Waals surface area (Å²) in [7, 11) is 2.08. The second-order valence-electron chi connectivity index (χ2n) is 6.18. The largest absolute Gasteiger partial charge is 0.432 e. The number of rotatable bonds is 7. The molecule has 1 aromatic rings. The Labute approximate surface area is 116 Å². The Morgan fingerprint density at radius 3 is 2.84 bits per heavy atom. The van der Waals surface area contributed by atoms with Crippen molar-refractivity contribution in [2.24, 2.45) is 11.8 Å². The first kappa shape index (κ1) is 14.4. The van der Waals surface area contributed by atoms with Crippen molar-refractivity contribution >= 4 is 6.01 Å². The lowest BCUT2D eigenvalue weighted by Gasteiger charge is -2.18. The minimum absolute atomic E-state index is 0.663. The monoisotopic (exact) mass is 265 g/mol. The van der Waals surface area contributed by atoms with E-state index in [0.29, 0.717) is 5.92 Å². The molecule has 19 heavy (non-hydrogen) atoms. The summed E-state index contributed by atoms with van der Waals surface area (Å²) in [6.45, 7) is 7.28. The van der Waals surface area contributed by atoms with Gasteiger partial charge >= 0.3 is 0 Å². The molecule has 1 heterocycles. The molecule has 1 aromatic heterocycles. The van der Waals surface area contributed by atoms with Gasteiger partial charge in [-0.1, -0.05) is 26.7 Å². The lowest BCUT2D eigenvalue weighted by molar-refractivity contribution is 0.495. The van der Waals surface area contributed by atoms with Crippen molar-refractivity contribution in [3.8, 4) is 0 Å². The van der Waals surface area contributed by atoms with Crippen LogP contribution in [-0.2, 0) is 6.54 Å². The summed E-state index contributed by atoms with van der Waals surface area (Å²) < 4.78 is 5.57. The fourth-order valence-corrected chi connectivity index (χ4v) is 2.70. The van der Waals surface area contributed by atoms with Gasteiger partial charge in [-0.05, 0) is 31.2 Å². The van der Waals surface area contributed by atoms with Crippen LogP contribution in [0.4, 0.5) is 6.01 Å². The number of nitrogens with zero attached hydrogens (tertiary/aromatic N) is 2. The molecule has 108 valence electrons. The van der Waals surface area contributed by atoms with Crippen LogP contribution in [0.25, 0.3) is 0 Å². The predicted octanol–water partition coefficient (Wildman–Crippen LogP) is 3.05. The van der Waals surface area contributed by atoms with Gasteiger partial charge in [-0.2, -0.15) is 4.98 Å². The smallest absolute Gasteiger partial charge is 0.297 e. The van der Waals surface area contributed by atoms with Gasteiger partial charge in [0.05, 0.1) is 5.69 Å². The highest BCUT2D eigenvalue weighted by Gasteiger charge is 2.19. The Hall–Kier alpha value is -1.03. The number of nitrogens with one attached hydrogen (secondary N) is 1. The normalized spacial score (nSPS) is 16.4. The van der Waals surface area contributed by atoms with Gasteiger partial charge < -0.3 is 14.6 Å². The average Bonchev–Trinajstić information content (AvgIpc) is 2.99. The quantitative estimate of drug-likeness (QED) is 0.822. The third-order valence-corrected chi connectivity index (χ3v) is 3.73. The lowest BCUT2D eigenvalue weighted by atomic mass is 10.1. The molecule has 1 N–H and O–H groups in total. The first-order valence-electron chi connectivity index (χ1n) is 7.51. The summed E-state index contributed by atoms with van der Waals surface area (Å²) in [5.74, 6) is 1.48. The van der Waals surface area contributed by atoms with E-state index < -0.39 is 0 Å². The molecule has 0 aromatic carbocycles. The summed E-state index contributed by atoms with van der Waals surface area (Å²) >= 11 is 0. The molecule has 0 aliphatic heterocycles. The average molecular weight is 265 g/mol. The number of oxazole rings is 1. The molecular formula is C15H27N3O. The van der Waals surface area contributed by atoms with Gasteiger partial charge in [-0.3, -0.25) is 0 Å². The summed E-state index contributed by atoms with van der Waals surface area (Å²) in [6, 6.07) is 0.758. The van der Waals surface area contributed by atoms with Gasteiger partial charge in [0.1, 0.15) is 6.26 Å². The Morgan fingerprint density at radius 2 is 2.16 bits per heavy atom. The van der Waals surface area contributed by atoms with Gasteiger partial charge in [0.15, 0.2) is 0 Å². The summed E-state index contributed by atoms with van der Waals surface area (Å²) in [4.78, 5) is 6.70. The molecule has 1 saturated carbocycles. The summed E-state index contributed by atoms with van der Waals surface area (Å²) in [5.41, 5.74) is 0.994. The van der Waals surface area contributed by atoms with E-state index in [-0.39, 0.29) is 0 Å². The molecule has 2 rings (SSSR count). The zero-order valence-electron chi connectivity index (χ0n) is 12.5. The van der Waals surface area contributed by atoms with Crippen LogP contribution in [0.15, 0.2) is 10.7 Å². The number of hydrogen-bond donors (Lipinski definition) is 1. The van der Waals surface area contributed by atoms with Gasteiger partial charge in [0, 0.05) is 20.1 Å². The SMILES string of the molecule is CC(C)CNCc1coc(N(C)CC2CCCC2)n1. The highest BCUT2D eigenvalue weighted by atomic mass is 16.4. The van der Waals surface area contributed by atoms with Crippen LogP contribution in [0.5, 0.6) is 0 Å². The lowest BCUT2D eigenvalue weighted by Crippen LogP contribution is -2.24. The van der Waals surface area contributed by atoms with E-state index in [1.54, 1.807) is 6.26 Å². The van der Waals surface area contributed by atoms with Gasteiger partial charge in [-0.25, -0.2) is 0 Å². The third kappa shape index (κ3) is 4.53. The molecule has 0 atom stereocenters. The molecule has 0 unspecified atom stereocenters. The molecule has 0 spiro atoms. The van der Waals surface area contributed by atoms with Crippen molar-refractivity contribution in [2.75, 3.05) is 25.0 Å². The molecule has 4 nitrogen and oxygen atoms in total. The molecule has 0 saturated heterocycles. The minimum atomic E-state index is 0.663. The van der Waals surface area contributed by atoms with Gasteiger partial charge in [0.25, 0.3) is 6.01 Å². The molecule has 0 radical (unpaired) electrons. The third-order valence-electron chi connectivity index (χ3n) is 3.73. The number of hydrogen-bond acceptors (Lipinski definition) is 4. The van der Waals surface area contributed by atoms with Gasteiger partial charge in [0.2, 0.25) is 0 Å². The maximum absolute atomic E-state index is 5.57. The van der Waals surface area contributed by atoms with Crippen LogP contribution in [-0.4, -0.2) is 25.1 Å². The molecule has 1 aliphatic rings. The second kappa shape index (κ2) is 6.94. The first-order valence-corrected chi connectivity index (χ1v) is 7.51. The van der Waals surface area contributed by atoms with E-state index in [1.165, 1.54) is 25.7 Å². The van der Waals surface area contributed by atoms with Crippen LogP contribution >= 0.6 is 0 Å². The Kier molecular flexibility index (Phi) is 5.25. The summed E-state index contributed by atoms with van der Waals surface area (Å²) in [6.07, 6.45) is 7.25. The van der Waals surface area contributed by atoms with Crippen LogP contribution in [0.3, 0.4) is 0 Å². The first-order chi connectivity index (χ1) is 9.15. The van der Waals surface area contributed by atoms with Crippen molar-refractivity contribution in [3.05, 3.63) is 12.0 Å². The van der Waals surface area contributed by atoms with Crippen LogP contribution in [0.1, 0.15) is 45.2 Å². The topological polar surface area (TPSA) is 41.3 Å². The molecular weight excluding hydrogens is 238 g/mol. The van der Waals surface area contributed by atoms with Crippen molar-refractivity contribution in [2.45, 2.75) is 46.1 Å². The molecule has 1 fully saturated rings. The maximum atomic E-state index is 5.57. The van der Waals surface area contributed by atoms with Crippen molar-refractivity contribution in [3.63, 3.8) is 0 Å². The highest BCUT2D eigenvalue weighted by molar-refractivity contribution is 5.25. The van der Waals surface area contributed by atoms with E-state index in [0.717, 1.165) is 37.3 Å². The Balaban J connectivity index is 1.78. The zero-order valence-corrected chi connectivity index (χ0v) is 12.5. The minimum Gasteiger partial charge on any atom is -0.432 e. The second-order valence-corrected chi connectivity index (χ2v) is 6.18. The molecule has 0 amide bonds. The predicted molar refractivity (Wildman–Crippen MR) is 78.3 cm³/mol. The summed E-state index contributed by atoms with van der Waals surface area (Å²) in [5, 5.41) is 3.39. The van der Waals surface area contributed by atoms with E-state index >= 15 is 0 Å². The zero-order chi connectivity index (χ0) is 13.7. The molecule has 4 heteroatoms. The van der Waals surface area contributed by atoms with Gasteiger partial charge in [-0.15, -0.1) is 0 Å². The highest BCUT2D eigenvalue weighted by Crippen LogP contribution is 2.26. The van der Waals surface area contributed by atoms with E-state index in [2.05, 4.69) is 36.1 Å². The fourth-order valence-electron chi connectivity index (χ4n) is 2.70. The standard InChI is InChI=1S/C15H27N3O/c1-12(2)8-16-9-14-11-19-15(17-14)18(3)10-13-6-4-5-7-13/h11-13,16H,4-10H2,1-3H3. The van der Waals surface area contributed by atoms with Crippen molar-refractivity contribution in [1.82, 2.24) is 10.3 Å².